The van der Waals surface area contributed by atoms with E-state index in [2.05, 4.69) is 6.07 Å². The van der Waals surface area contributed by atoms with Crippen molar-refractivity contribution in [3.05, 3.63) is 47.7 Å². The number of nitrogens with zero attached hydrogens (tertiary/aromatic N) is 3. The van der Waals surface area contributed by atoms with E-state index in [1.54, 1.807) is 9.80 Å². The van der Waals surface area contributed by atoms with Crippen LogP contribution in [0.1, 0.15) is 61.0 Å². The molecule has 1 aromatic heterocycles. The van der Waals surface area contributed by atoms with Crippen molar-refractivity contribution >= 4 is 11.8 Å². The number of piperazine rings is 1. The maximum atomic E-state index is 13.1. The van der Waals surface area contributed by atoms with Crippen molar-refractivity contribution < 1.29 is 24.2 Å². The minimum absolute atomic E-state index is 0.0343. The largest absolute Gasteiger partial charge is 0.491 e. The molecule has 2 aromatic rings. The van der Waals surface area contributed by atoms with E-state index in [0.717, 1.165) is 42.1 Å². The minimum Gasteiger partial charge on any atom is -0.491 e. The lowest BCUT2D eigenvalue weighted by atomic mass is 9.75. The quantitative estimate of drug-likeness (QED) is 0.689. The Morgan fingerprint density at radius 3 is 2.11 bits per heavy atom. The molecular weight excluding hydrogens is 470 g/mol. The average molecular weight is 506 g/mol. The predicted octanol–water partition coefficient (Wildman–Crippen LogP) is 3.17. The Balaban J connectivity index is 1.13. The van der Waals surface area contributed by atoms with Gasteiger partial charge in [0.05, 0.1) is 36.6 Å². The van der Waals surface area contributed by atoms with E-state index in [4.69, 9.17) is 14.5 Å². The standard InChI is InChI=1S/C29H35N3O5/c33-26(31-14-16-32(17-15-31)27(34)29(35)19-36-20-29)22-8-6-21(7-9-22)23-10-11-24-25(30-23)28(18-37-24)12-4-2-1-3-5-13-28/h6-11,35H,1-5,12-20H2. The first-order valence-electron chi connectivity index (χ1n) is 13.6. The van der Waals surface area contributed by atoms with Crippen LogP contribution in [0.5, 0.6) is 5.75 Å². The Hall–Kier alpha value is -2.97. The predicted molar refractivity (Wildman–Crippen MR) is 137 cm³/mol. The van der Waals surface area contributed by atoms with Crippen molar-refractivity contribution in [2.24, 2.45) is 0 Å². The first kappa shape index (κ1) is 24.4. The highest BCUT2D eigenvalue weighted by molar-refractivity contribution is 5.95. The normalized spacial score (nSPS) is 22.4. The number of aliphatic hydroxyl groups is 1. The van der Waals surface area contributed by atoms with Gasteiger partial charge in [0.25, 0.3) is 11.8 Å². The van der Waals surface area contributed by atoms with Crippen molar-refractivity contribution in [2.75, 3.05) is 46.0 Å². The number of hydrogen-bond acceptors (Lipinski definition) is 6. The van der Waals surface area contributed by atoms with Gasteiger partial charge >= 0.3 is 0 Å². The second-order valence-corrected chi connectivity index (χ2v) is 11.1. The number of rotatable bonds is 3. The van der Waals surface area contributed by atoms with Crippen molar-refractivity contribution in [1.29, 1.82) is 0 Å². The Morgan fingerprint density at radius 2 is 1.46 bits per heavy atom. The van der Waals surface area contributed by atoms with Crippen LogP contribution in [0, 0.1) is 0 Å². The van der Waals surface area contributed by atoms with Crippen LogP contribution in [0.15, 0.2) is 36.4 Å². The van der Waals surface area contributed by atoms with Crippen LogP contribution in [0.25, 0.3) is 11.3 Å². The van der Waals surface area contributed by atoms with Gasteiger partial charge in [-0.2, -0.15) is 0 Å². The number of fused-ring (bicyclic) bond motifs is 2. The van der Waals surface area contributed by atoms with Gasteiger partial charge in [0.1, 0.15) is 5.75 Å². The Kier molecular flexibility index (Phi) is 6.41. The summed E-state index contributed by atoms with van der Waals surface area (Å²) in [5.74, 6) is 0.572. The Labute approximate surface area is 217 Å². The van der Waals surface area contributed by atoms with E-state index in [-0.39, 0.29) is 30.4 Å². The molecule has 0 radical (unpaired) electrons. The highest BCUT2D eigenvalue weighted by atomic mass is 16.5. The molecule has 1 saturated carbocycles. The van der Waals surface area contributed by atoms with Crippen molar-refractivity contribution in [3.8, 4) is 17.0 Å². The maximum absolute atomic E-state index is 13.1. The third-order valence-electron chi connectivity index (χ3n) is 8.54. The highest BCUT2D eigenvalue weighted by Crippen LogP contribution is 2.46. The number of hydrogen-bond donors (Lipinski definition) is 1. The molecule has 1 spiro atoms. The summed E-state index contributed by atoms with van der Waals surface area (Å²) < 4.78 is 11.1. The number of benzene rings is 1. The molecule has 1 aromatic carbocycles. The van der Waals surface area contributed by atoms with Crippen LogP contribution in [0.3, 0.4) is 0 Å². The first-order valence-corrected chi connectivity index (χ1v) is 13.6. The number of pyridine rings is 1. The van der Waals surface area contributed by atoms with Gasteiger partial charge in [0, 0.05) is 37.3 Å². The Morgan fingerprint density at radius 1 is 0.811 bits per heavy atom. The summed E-state index contributed by atoms with van der Waals surface area (Å²) >= 11 is 0. The molecule has 3 aliphatic heterocycles. The Bertz CT molecular complexity index is 1160. The molecule has 1 aliphatic carbocycles. The van der Waals surface area contributed by atoms with Crippen LogP contribution in [0.2, 0.25) is 0 Å². The van der Waals surface area contributed by atoms with Gasteiger partial charge in [0.2, 0.25) is 0 Å². The zero-order valence-electron chi connectivity index (χ0n) is 21.3. The number of amides is 2. The molecule has 3 fully saturated rings. The van der Waals surface area contributed by atoms with Crippen molar-refractivity contribution in [3.63, 3.8) is 0 Å². The fraction of sp³-hybridized carbons (Fsp3) is 0.552. The van der Waals surface area contributed by atoms with Crippen LogP contribution >= 0.6 is 0 Å². The molecule has 8 nitrogen and oxygen atoms in total. The van der Waals surface area contributed by atoms with Crippen LogP contribution in [-0.2, 0) is 14.9 Å². The van der Waals surface area contributed by atoms with Gasteiger partial charge in [-0.25, -0.2) is 4.98 Å². The molecular formula is C29H35N3O5. The number of aromatic nitrogens is 1. The molecule has 8 heteroatoms. The van der Waals surface area contributed by atoms with Gasteiger partial charge in [0.15, 0.2) is 5.60 Å². The first-order chi connectivity index (χ1) is 18.0. The lowest BCUT2D eigenvalue weighted by Crippen LogP contribution is -2.64. The summed E-state index contributed by atoms with van der Waals surface area (Å²) in [5.41, 5.74) is 2.27. The lowest BCUT2D eigenvalue weighted by Gasteiger charge is -2.42. The van der Waals surface area contributed by atoms with Gasteiger partial charge in [-0.3, -0.25) is 9.59 Å². The molecule has 6 rings (SSSR count). The van der Waals surface area contributed by atoms with Crippen molar-refractivity contribution in [1.82, 2.24) is 14.8 Å². The maximum Gasteiger partial charge on any atom is 0.259 e. The number of ether oxygens (including phenoxy) is 2. The second kappa shape index (κ2) is 9.72. The smallest absolute Gasteiger partial charge is 0.259 e. The third kappa shape index (κ3) is 4.50. The molecule has 4 aliphatic rings. The van der Waals surface area contributed by atoms with Crippen LogP contribution in [0.4, 0.5) is 0 Å². The molecule has 196 valence electrons. The van der Waals surface area contributed by atoms with E-state index < -0.39 is 5.60 Å². The van der Waals surface area contributed by atoms with Crippen LogP contribution in [-0.4, -0.2) is 83.3 Å². The summed E-state index contributed by atoms with van der Waals surface area (Å²) in [7, 11) is 0. The summed E-state index contributed by atoms with van der Waals surface area (Å²) in [6.45, 7) is 2.53. The third-order valence-corrected chi connectivity index (χ3v) is 8.54. The highest BCUT2D eigenvalue weighted by Gasteiger charge is 2.47. The molecule has 0 bridgehead atoms. The molecule has 2 amide bonds. The van der Waals surface area contributed by atoms with E-state index in [1.165, 1.54) is 32.1 Å². The molecule has 0 atom stereocenters. The van der Waals surface area contributed by atoms with Crippen LogP contribution < -0.4 is 4.74 Å². The zero-order valence-corrected chi connectivity index (χ0v) is 21.3. The summed E-state index contributed by atoms with van der Waals surface area (Å²) in [5, 5.41) is 10.2. The summed E-state index contributed by atoms with van der Waals surface area (Å²) in [6.07, 6.45) is 8.62. The van der Waals surface area contributed by atoms with Gasteiger partial charge < -0.3 is 24.4 Å². The molecule has 2 saturated heterocycles. The minimum atomic E-state index is -1.39. The van der Waals surface area contributed by atoms with Gasteiger partial charge in [-0.15, -0.1) is 0 Å². The van der Waals surface area contributed by atoms with E-state index in [1.807, 2.05) is 30.3 Å². The van der Waals surface area contributed by atoms with E-state index >= 15 is 0 Å². The second-order valence-electron chi connectivity index (χ2n) is 11.1. The molecule has 4 heterocycles. The summed E-state index contributed by atoms with van der Waals surface area (Å²) in [4.78, 5) is 34.1. The van der Waals surface area contributed by atoms with E-state index in [0.29, 0.717) is 31.7 Å². The lowest BCUT2D eigenvalue weighted by molar-refractivity contribution is -0.201. The molecule has 1 N–H and O–H groups in total. The molecule has 37 heavy (non-hydrogen) atoms. The summed E-state index contributed by atoms with van der Waals surface area (Å²) in [6, 6.07) is 11.7. The van der Waals surface area contributed by atoms with Gasteiger partial charge in [-0.05, 0) is 37.1 Å². The zero-order chi connectivity index (χ0) is 25.5. The molecule has 0 unspecified atom stereocenters. The average Bonchev–Trinajstić information content (AvgIpc) is 3.27. The van der Waals surface area contributed by atoms with Gasteiger partial charge in [-0.1, -0.05) is 44.2 Å². The monoisotopic (exact) mass is 505 g/mol. The fourth-order valence-electron chi connectivity index (χ4n) is 6.14. The topological polar surface area (TPSA) is 92.2 Å². The van der Waals surface area contributed by atoms with Crippen molar-refractivity contribution in [2.45, 2.75) is 56.0 Å². The van der Waals surface area contributed by atoms with E-state index in [9.17, 15) is 14.7 Å². The number of carbonyl (C=O) groups excluding carboxylic acids is 2. The fourth-order valence-corrected chi connectivity index (χ4v) is 6.14. The SMILES string of the molecule is O=C(c1ccc(-c2ccc3c(n2)C2(CCCCCCC2)CO3)cc1)N1CCN(C(=O)C2(O)COC2)CC1. The number of carbonyl (C=O) groups is 2.